The first-order chi connectivity index (χ1) is 11.8. The summed E-state index contributed by atoms with van der Waals surface area (Å²) in [7, 11) is 0. The highest BCUT2D eigenvalue weighted by Crippen LogP contribution is 2.23. The van der Waals surface area contributed by atoms with Gasteiger partial charge in [0.1, 0.15) is 5.82 Å². The molecule has 0 spiro atoms. The number of hydrogen-bond acceptors (Lipinski definition) is 3. The summed E-state index contributed by atoms with van der Waals surface area (Å²) in [5, 5.41) is 0.807. The van der Waals surface area contributed by atoms with E-state index in [9.17, 15) is 0 Å². The highest BCUT2D eigenvalue weighted by molar-refractivity contribution is 8.93. The van der Waals surface area contributed by atoms with Crippen LogP contribution in [0.5, 0.6) is 0 Å². The zero-order valence-corrected chi connectivity index (χ0v) is 16.9. The Hall–Kier alpha value is -1.10. The molecule has 1 aliphatic heterocycles. The lowest BCUT2D eigenvalue weighted by Crippen LogP contribution is -2.46. The van der Waals surface area contributed by atoms with Crippen molar-refractivity contribution in [3.05, 3.63) is 58.2 Å². The lowest BCUT2D eigenvalue weighted by molar-refractivity contribution is 0.249. The van der Waals surface area contributed by atoms with Crippen LogP contribution in [0.25, 0.3) is 0 Å². The van der Waals surface area contributed by atoms with Gasteiger partial charge in [-0.2, -0.15) is 0 Å². The van der Waals surface area contributed by atoms with Gasteiger partial charge in [0.15, 0.2) is 0 Å². The predicted octanol–water partition coefficient (Wildman–Crippen LogP) is 4.51. The van der Waals surface area contributed by atoms with Crippen LogP contribution in [0.2, 0.25) is 5.02 Å². The monoisotopic (exact) mass is 421 g/mol. The molecule has 0 radical (unpaired) electrons. The molecular weight excluding hydrogens is 398 g/mol. The van der Waals surface area contributed by atoms with Crippen LogP contribution in [-0.4, -0.2) is 36.1 Å². The topological polar surface area (TPSA) is 19.4 Å². The summed E-state index contributed by atoms with van der Waals surface area (Å²) in [4.78, 5) is 9.90. The van der Waals surface area contributed by atoms with Gasteiger partial charge in [0.2, 0.25) is 0 Å². The van der Waals surface area contributed by atoms with E-state index >= 15 is 0 Å². The fourth-order valence-electron chi connectivity index (χ4n) is 3.73. The number of halogens is 2. The quantitative estimate of drug-likeness (QED) is 0.725. The third kappa shape index (κ3) is 4.55. The summed E-state index contributed by atoms with van der Waals surface area (Å²) in [6, 6.07) is 12.7. The lowest BCUT2D eigenvalue weighted by atomic mass is 9.96. The molecule has 134 valence electrons. The highest BCUT2D eigenvalue weighted by Gasteiger charge is 2.19. The number of aryl methyl sites for hydroxylation is 2. The molecule has 1 aromatic carbocycles. The molecule has 25 heavy (non-hydrogen) atoms. The first-order valence-electron chi connectivity index (χ1n) is 8.98. The predicted molar refractivity (Wildman–Crippen MR) is 110 cm³/mol. The van der Waals surface area contributed by atoms with Gasteiger partial charge < -0.3 is 4.90 Å². The molecule has 0 bridgehead atoms. The number of pyridine rings is 1. The Morgan fingerprint density at radius 1 is 0.880 bits per heavy atom. The molecule has 0 saturated carbocycles. The molecule has 0 unspecified atom stereocenters. The van der Waals surface area contributed by atoms with Gasteiger partial charge >= 0.3 is 0 Å². The minimum absolute atomic E-state index is 0. The average molecular weight is 423 g/mol. The van der Waals surface area contributed by atoms with Crippen LogP contribution in [-0.2, 0) is 19.4 Å². The fraction of sp³-hybridized carbons (Fsp3) is 0.450. The number of hydrogen-bond donors (Lipinski definition) is 0. The molecular formula is C20H25BrClN3. The summed E-state index contributed by atoms with van der Waals surface area (Å²) < 4.78 is 0. The molecule has 1 fully saturated rings. The number of anilines is 1. The van der Waals surface area contributed by atoms with E-state index in [1.165, 1.54) is 41.9 Å². The molecule has 0 atom stereocenters. The van der Waals surface area contributed by atoms with E-state index in [4.69, 9.17) is 16.6 Å². The highest BCUT2D eigenvalue weighted by atomic mass is 79.9. The minimum Gasteiger partial charge on any atom is -0.354 e. The van der Waals surface area contributed by atoms with E-state index in [0.717, 1.165) is 44.2 Å². The first kappa shape index (κ1) is 18.7. The van der Waals surface area contributed by atoms with Gasteiger partial charge in [0, 0.05) is 43.4 Å². The molecule has 4 rings (SSSR count). The molecule has 5 heteroatoms. The summed E-state index contributed by atoms with van der Waals surface area (Å²) in [5.74, 6) is 1.17. The molecule has 1 saturated heterocycles. The standard InChI is InChI=1S/C20H24ClN3.BrH/c21-18-8-5-16(6-9-18)15-23-11-13-24(14-12-23)20-10-7-17-3-1-2-4-19(17)22-20;/h5-10H,1-4,11-15H2;1H. The van der Waals surface area contributed by atoms with Crippen molar-refractivity contribution >= 4 is 34.4 Å². The smallest absolute Gasteiger partial charge is 0.128 e. The maximum absolute atomic E-state index is 5.96. The van der Waals surface area contributed by atoms with E-state index in [0.29, 0.717) is 0 Å². The van der Waals surface area contributed by atoms with Crippen molar-refractivity contribution in [1.29, 1.82) is 0 Å². The van der Waals surface area contributed by atoms with Gasteiger partial charge in [-0.05, 0) is 55.0 Å². The Kier molecular flexibility index (Phi) is 6.37. The third-order valence-electron chi connectivity index (χ3n) is 5.18. The Bertz CT molecular complexity index is 697. The maximum atomic E-state index is 5.96. The van der Waals surface area contributed by atoms with Crippen molar-refractivity contribution in [2.45, 2.75) is 32.2 Å². The van der Waals surface area contributed by atoms with Crippen LogP contribution in [0.15, 0.2) is 36.4 Å². The average Bonchev–Trinajstić information content (AvgIpc) is 2.64. The zero-order chi connectivity index (χ0) is 16.4. The Morgan fingerprint density at radius 3 is 2.36 bits per heavy atom. The van der Waals surface area contributed by atoms with Crippen LogP contribution in [0.1, 0.15) is 29.7 Å². The van der Waals surface area contributed by atoms with Gasteiger partial charge in [0.25, 0.3) is 0 Å². The van der Waals surface area contributed by atoms with Crippen molar-refractivity contribution in [3.8, 4) is 0 Å². The molecule has 2 aliphatic rings. The van der Waals surface area contributed by atoms with Crippen molar-refractivity contribution in [3.63, 3.8) is 0 Å². The molecule has 1 aromatic heterocycles. The van der Waals surface area contributed by atoms with Crippen LogP contribution in [0, 0.1) is 0 Å². The number of nitrogens with zero attached hydrogens (tertiary/aromatic N) is 3. The summed E-state index contributed by atoms with van der Waals surface area (Å²) >= 11 is 5.96. The second-order valence-corrected chi connectivity index (χ2v) is 7.31. The van der Waals surface area contributed by atoms with Gasteiger partial charge in [-0.1, -0.05) is 29.8 Å². The van der Waals surface area contributed by atoms with Crippen molar-refractivity contribution < 1.29 is 0 Å². The molecule has 0 amide bonds. The van der Waals surface area contributed by atoms with Gasteiger partial charge in [-0.25, -0.2) is 4.98 Å². The fourth-order valence-corrected chi connectivity index (χ4v) is 3.86. The van der Waals surface area contributed by atoms with Crippen LogP contribution >= 0.6 is 28.6 Å². The Morgan fingerprint density at radius 2 is 1.60 bits per heavy atom. The number of rotatable bonds is 3. The van der Waals surface area contributed by atoms with E-state index in [1.807, 2.05) is 12.1 Å². The normalized spacial score (nSPS) is 17.7. The van der Waals surface area contributed by atoms with Gasteiger partial charge in [0.05, 0.1) is 0 Å². The summed E-state index contributed by atoms with van der Waals surface area (Å²) in [6.07, 6.45) is 4.97. The van der Waals surface area contributed by atoms with Crippen molar-refractivity contribution in [1.82, 2.24) is 9.88 Å². The third-order valence-corrected chi connectivity index (χ3v) is 5.43. The number of aromatic nitrogens is 1. The largest absolute Gasteiger partial charge is 0.354 e. The van der Waals surface area contributed by atoms with Crippen LogP contribution in [0.3, 0.4) is 0 Å². The number of fused-ring (bicyclic) bond motifs is 1. The van der Waals surface area contributed by atoms with E-state index < -0.39 is 0 Å². The zero-order valence-electron chi connectivity index (χ0n) is 14.5. The SMILES string of the molecule is Br.Clc1ccc(CN2CCN(c3ccc4c(n3)CCCC4)CC2)cc1. The molecule has 2 aromatic rings. The van der Waals surface area contributed by atoms with E-state index in [1.54, 1.807) is 0 Å². The number of benzene rings is 1. The molecule has 3 nitrogen and oxygen atoms in total. The molecule has 0 N–H and O–H groups in total. The second-order valence-electron chi connectivity index (χ2n) is 6.87. The Labute approximate surface area is 165 Å². The summed E-state index contributed by atoms with van der Waals surface area (Å²) in [5.41, 5.74) is 4.13. The molecule has 2 heterocycles. The van der Waals surface area contributed by atoms with Crippen LogP contribution in [0.4, 0.5) is 5.82 Å². The second kappa shape index (κ2) is 8.52. The van der Waals surface area contributed by atoms with E-state index in [2.05, 4.69) is 34.1 Å². The number of piperazine rings is 1. The Balaban J connectivity index is 0.00000182. The minimum atomic E-state index is 0. The maximum Gasteiger partial charge on any atom is 0.128 e. The summed E-state index contributed by atoms with van der Waals surface area (Å²) in [6.45, 7) is 5.28. The van der Waals surface area contributed by atoms with Crippen molar-refractivity contribution in [2.75, 3.05) is 31.1 Å². The van der Waals surface area contributed by atoms with Gasteiger partial charge in [-0.15, -0.1) is 17.0 Å². The lowest BCUT2D eigenvalue weighted by Gasteiger charge is -2.36. The van der Waals surface area contributed by atoms with E-state index in [-0.39, 0.29) is 17.0 Å². The first-order valence-corrected chi connectivity index (χ1v) is 9.36. The molecule has 1 aliphatic carbocycles. The van der Waals surface area contributed by atoms with Gasteiger partial charge in [-0.3, -0.25) is 4.90 Å². The van der Waals surface area contributed by atoms with Crippen molar-refractivity contribution in [2.24, 2.45) is 0 Å². The van der Waals surface area contributed by atoms with Crippen LogP contribution < -0.4 is 4.90 Å².